The summed E-state index contributed by atoms with van der Waals surface area (Å²) in [7, 11) is -7.33. The standard InChI is InChI=1S/C20H19NO4S2/c22-26(23,17-9-2-1-3-10-17)18-13-14-21(15-18)27(24,25)20-12-6-8-16-7-4-5-11-19(16)20/h1-12,18H,13-15H2. The van der Waals surface area contributed by atoms with Gasteiger partial charge in [-0.25, -0.2) is 16.8 Å². The molecule has 0 bridgehead atoms. The van der Waals surface area contributed by atoms with E-state index in [0.29, 0.717) is 11.8 Å². The molecule has 0 radical (unpaired) electrons. The number of hydrogen-bond acceptors (Lipinski definition) is 4. The van der Waals surface area contributed by atoms with Crippen LogP contribution in [0.15, 0.2) is 82.6 Å². The fourth-order valence-corrected chi connectivity index (χ4v) is 7.05. The van der Waals surface area contributed by atoms with Crippen LogP contribution in [0.5, 0.6) is 0 Å². The van der Waals surface area contributed by atoms with Gasteiger partial charge in [0.05, 0.1) is 15.0 Å². The average Bonchev–Trinajstić information content (AvgIpc) is 3.20. The molecule has 0 saturated carbocycles. The van der Waals surface area contributed by atoms with Crippen molar-refractivity contribution in [2.75, 3.05) is 13.1 Å². The molecular formula is C20H19NO4S2. The summed E-state index contributed by atoms with van der Waals surface area (Å²) in [4.78, 5) is 0.456. The SMILES string of the molecule is O=S(=O)(c1ccccc1)C1CCN(S(=O)(=O)c2cccc3ccccc23)C1. The van der Waals surface area contributed by atoms with Crippen molar-refractivity contribution in [3.8, 4) is 0 Å². The summed E-state index contributed by atoms with van der Waals surface area (Å²) in [5.41, 5.74) is 0. The third kappa shape index (κ3) is 3.16. The summed E-state index contributed by atoms with van der Waals surface area (Å²) in [5, 5.41) is 0.755. The van der Waals surface area contributed by atoms with E-state index in [1.807, 2.05) is 18.2 Å². The number of benzene rings is 3. The highest BCUT2D eigenvalue weighted by Gasteiger charge is 2.39. The van der Waals surface area contributed by atoms with E-state index in [1.165, 1.54) is 4.31 Å². The smallest absolute Gasteiger partial charge is 0.223 e. The summed E-state index contributed by atoms with van der Waals surface area (Å²) in [6.07, 6.45) is 0.293. The van der Waals surface area contributed by atoms with Gasteiger partial charge in [0.2, 0.25) is 10.0 Å². The lowest BCUT2D eigenvalue weighted by atomic mass is 10.1. The first-order valence-corrected chi connectivity index (χ1v) is 11.7. The van der Waals surface area contributed by atoms with Crippen molar-refractivity contribution in [1.82, 2.24) is 4.31 Å². The van der Waals surface area contributed by atoms with Gasteiger partial charge in [-0.2, -0.15) is 4.31 Å². The summed E-state index contributed by atoms with van der Waals surface area (Å²) in [6, 6.07) is 20.7. The topological polar surface area (TPSA) is 71.5 Å². The van der Waals surface area contributed by atoms with Crippen LogP contribution >= 0.6 is 0 Å². The number of sulfonamides is 1. The Bertz CT molecular complexity index is 1180. The minimum absolute atomic E-state index is 0.0250. The monoisotopic (exact) mass is 401 g/mol. The molecule has 0 aliphatic carbocycles. The van der Waals surface area contributed by atoms with E-state index in [4.69, 9.17) is 0 Å². The Kier molecular flexibility index (Phi) is 4.53. The van der Waals surface area contributed by atoms with Crippen LogP contribution in [0.2, 0.25) is 0 Å². The third-order valence-corrected chi connectivity index (χ3v) is 9.10. The second kappa shape index (κ2) is 6.74. The lowest BCUT2D eigenvalue weighted by Crippen LogP contribution is -2.32. The first-order chi connectivity index (χ1) is 12.9. The van der Waals surface area contributed by atoms with Crippen molar-refractivity contribution >= 4 is 30.6 Å². The van der Waals surface area contributed by atoms with Gasteiger partial charge in [-0.15, -0.1) is 0 Å². The van der Waals surface area contributed by atoms with Gasteiger partial charge < -0.3 is 0 Å². The van der Waals surface area contributed by atoms with E-state index in [1.54, 1.807) is 54.6 Å². The second-order valence-electron chi connectivity index (χ2n) is 6.61. The molecule has 27 heavy (non-hydrogen) atoms. The zero-order chi connectivity index (χ0) is 19.1. The van der Waals surface area contributed by atoms with Crippen LogP contribution in [0, 0.1) is 0 Å². The van der Waals surface area contributed by atoms with Gasteiger partial charge in [0.25, 0.3) is 0 Å². The minimum Gasteiger partial charge on any atom is -0.223 e. The Balaban J connectivity index is 1.67. The molecule has 0 spiro atoms. The van der Waals surface area contributed by atoms with Crippen molar-refractivity contribution in [3.63, 3.8) is 0 Å². The average molecular weight is 402 g/mol. The maximum atomic E-state index is 13.2. The zero-order valence-corrected chi connectivity index (χ0v) is 16.2. The first kappa shape index (κ1) is 18.2. The molecule has 1 atom stereocenters. The van der Waals surface area contributed by atoms with Crippen molar-refractivity contribution in [2.24, 2.45) is 0 Å². The maximum absolute atomic E-state index is 13.2. The zero-order valence-electron chi connectivity index (χ0n) is 14.5. The van der Waals surface area contributed by atoms with Gasteiger partial charge in [0.1, 0.15) is 0 Å². The second-order valence-corrected chi connectivity index (χ2v) is 10.7. The molecule has 0 amide bonds. The molecule has 1 saturated heterocycles. The summed E-state index contributed by atoms with van der Waals surface area (Å²) < 4.78 is 53.3. The molecule has 0 aromatic heterocycles. The molecule has 1 aliphatic heterocycles. The highest BCUT2D eigenvalue weighted by atomic mass is 32.2. The van der Waals surface area contributed by atoms with E-state index >= 15 is 0 Å². The van der Waals surface area contributed by atoms with Gasteiger partial charge in [-0.1, -0.05) is 54.6 Å². The molecular weight excluding hydrogens is 382 g/mol. The Hall–Kier alpha value is -2.22. The van der Waals surface area contributed by atoms with Crippen molar-refractivity contribution in [2.45, 2.75) is 21.5 Å². The van der Waals surface area contributed by atoms with E-state index in [9.17, 15) is 16.8 Å². The molecule has 1 unspecified atom stereocenters. The van der Waals surface area contributed by atoms with Crippen LogP contribution in [0.3, 0.4) is 0 Å². The Morgan fingerprint density at radius 1 is 0.778 bits per heavy atom. The first-order valence-electron chi connectivity index (χ1n) is 8.67. The van der Waals surface area contributed by atoms with Gasteiger partial charge in [0.15, 0.2) is 9.84 Å². The number of nitrogens with zero attached hydrogens (tertiary/aromatic N) is 1. The largest absolute Gasteiger partial charge is 0.243 e. The van der Waals surface area contributed by atoms with Crippen LogP contribution in [-0.2, 0) is 19.9 Å². The van der Waals surface area contributed by atoms with Crippen LogP contribution in [0.1, 0.15) is 6.42 Å². The molecule has 0 N–H and O–H groups in total. The van der Waals surface area contributed by atoms with Gasteiger partial charge in [-0.3, -0.25) is 0 Å². The quantitative estimate of drug-likeness (QED) is 0.674. The van der Waals surface area contributed by atoms with Gasteiger partial charge >= 0.3 is 0 Å². The van der Waals surface area contributed by atoms with Crippen LogP contribution in [0.25, 0.3) is 10.8 Å². The predicted molar refractivity (Wildman–Crippen MR) is 105 cm³/mol. The Morgan fingerprint density at radius 3 is 2.22 bits per heavy atom. The van der Waals surface area contributed by atoms with E-state index < -0.39 is 25.1 Å². The van der Waals surface area contributed by atoms with Gasteiger partial charge in [0, 0.05) is 18.5 Å². The Labute approximate surface area is 159 Å². The van der Waals surface area contributed by atoms with Crippen LogP contribution in [0.4, 0.5) is 0 Å². The number of hydrogen-bond donors (Lipinski definition) is 0. The van der Waals surface area contributed by atoms with Gasteiger partial charge in [-0.05, 0) is 30.0 Å². The molecule has 7 heteroatoms. The van der Waals surface area contributed by atoms with Crippen LogP contribution in [-0.4, -0.2) is 39.5 Å². The summed E-state index contributed by atoms with van der Waals surface area (Å²) in [5.74, 6) is 0. The fraction of sp³-hybridized carbons (Fsp3) is 0.200. The number of sulfone groups is 1. The minimum atomic E-state index is -3.77. The normalized spacial score (nSPS) is 18.7. The highest BCUT2D eigenvalue weighted by molar-refractivity contribution is 7.92. The van der Waals surface area contributed by atoms with Crippen molar-refractivity contribution in [3.05, 3.63) is 72.8 Å². The predicted octanol–water partition coefficient (Wildman–Crippen LogP) is 3.08. The third-order valence-electron chi connectivity index (χ3n) is 4.99. The molecule has 140 valence electrons. The fourth-order valence-electron chi connectivity index (χ4n) is 3.53. The molecule has 4 rings (SSSR count). The molecule has 3 aromatic carbocycles. The summed E-state index contributed by atoms with van der Waals surface area (Å²) >= 11 is 0. The lowest BCUT2D eigenvalue weighted by Gasteiger charge is -2.18. The van der Waals surface area contributed by atoms with E-state index in [-0.39, 0.29) is 22.9 Å². The molecule has 5 nitrogen and oxygen atoms in total. The number of rotatable bonds is 4. The van der Waals surface area contributed by atoms with Crippen molar-refractivity contribution in [1.29, 1.82) is 0 Å². The lowest BCUT2D eigenvalue weighted by molar-refractivity contribution is 0.477. The Morgan fingerprint density at radius 2 is 1.44 bits per heavy atom. The maximum Gasteiger partial charge on any atom is 0.243 e. The van der Waals surface area contributed by atoms with Crippen molar-refractivity contribution < 1.29 is 16.8 Å². The van der Waals surface area contributed by atoms with E-state index in [0.717, 1.165) is 5.39 Å². The molecule has 1 aliphatic rings. The number of fused-ring (bicyclic) bond motifs is 1. The molecule has 3 aromatic rings. The molecule has 1 heterocycles. The van der Waals surface area contributed by atoms with E-state index in [2.05, 4.69) is 0 Å². The summed E-state index contributed by atoms with van der Waals surface area (Å²) in [6.45, 7) is 0.172. The highest BCUT2D eigenvalue weighted by Crippen LogP contribution is 2.31. The molecule has 1 fully saturated rings. The van der Waals surface area contributed by atoms with Crippen LogP contribution < -0.4 is 0 Å².